The minimum atomic E-state index is -0.0315. The first kappa shape index (κ1) is 18.8. The molecule has 0 atom stereocenters. The van der Waals surface area contributed by atoms with E-state index in [-0.39, 0.29) is 11.9 Å². The van der Waals surface area contributed by atoms with E-state index in [4.69, 9.17) is 4.74 Å². The first-order valence-electron chi connectivity index (χ1n) is 10.2. The van der Waals surface area contributed by atoms with E-state index < -0.39 is 0 Å². The molecule has 1 saturated heterocycles. The molecule has 4 rings (SSSR count). The van der Waals surface area contributed by atoms with Crippen LogP contribution in [0.15, 0.2) is 54.6 Å². The number of hydrogen-bond acceptors (Lipinski definition) is 3. The summed E-state index contributed by atoms with van der Waals surface area (Å²) in [5, 5.41) is 1.28. The zero-order chi connectivity index (χ0) is 19.5. The minimum Gasteiger partial charge on any atom is -0.466 e. The van der Waals surface area contributed by atoms with Crippen molar-refractivity contribution in [2.75, 3.05) is 19.7 Å². The first-order valence-corrected chi connectivity index (χ1v) is 10.2. The highest BCUT2D eigenvalue weighted by Gasteiger charge is 2.26. The number of carbonyl (C=O) groups excluding carboxylic acids is 1. The predicted molar refractivity (Wildman–Crippen MR) is 113 cm³/mol. The van der Waals surface area contributed by atoms with Crippen molar-refractivity contribution in [1.29, 1.82) is 0 Å². The van der Waals surface area contributed by atoms with Crippen LogP contribution in [0, 0.1) is 12.8 Å². The van der Waals surface area contributed by atoms with Crippen LogP contribution in [-0.4, -0.2) is 35.1 Å². The van der Waals surface area contributed by atoms with E-state index in [0.29, 0.717) is 6.61 Å². The summed E-state index contributed by atoms with van der Waals surface area (Å²) in [7, 11) is 0. The van der Waals surface area contributed by atoms with Crippen LogP contribution in [0.2, 0.25) is 0 Å². The van der Waals surface area contributed by atoms with Gasteiger partial charge in [-0.1, -0.05) is 29.8 Å². The molecule has 1 aromatic heterocycles. The normalized spacial score (nSPS) is 15.8. The third-order valence-electron chi connectivity index (χ3n) is 5.64. The molecule has 28 heavy (non-hydrogen) atoms. The average Bonchev–Trinajstić information content (AvgIpc) is 3.06. The summed E-state index contributed by atoms with van der Waals surface area (Å²) in [6.45, 7) is 7.22. The fourth-order valence-corrected chi connectivity index (χ4v) is 4.21. The molecule has 0 unspecified atom stereocenters. The Bertz CT molecular complexity index is 953. The SMILES string of the molecule is CCOC(=O)C1CCN(Cc2cc3cc(C)ccc3n2-c2ccccc2)CC1. The number of rotatable bonds is 5. The number of likely N-dealkylation sites (tertiary alicyclic amines) is 1. The van der Waals surface area contributed by atoms with Crippen molar-refractivity contribution in [2.24, 2.45) is 5.92 Å². The van der Waals surface area contributed by atoms with Crippen molar-refractivity contribution < 1.29 is 9.53 Å². The number of carbonyl (C=O) groups is 1. The average molecular weight is 377 g/mol. The number of benzene rings is 2. The van der Waals surface area contributed by atoms with Gasteiger partial charge in [-0.3, -0.25) is 9.69 Å². The van der Waals surface area contributed by atoms with Crippen molar-refractivity contribution in [3.05, 3.63) is 65.9 Å². The van der Waals surface area contributed by atoms with Gasteiger partial charge in [0.1, 0.15) is 0 Å². The van der Waals surface area contributed by atoms with E-state index in [9.17, 15) is 4.79 Å². The maximum Gasteiger partial charge on any atom is 0.309 e. The van der Waals surface area contributed by atoms with Crippen LogP contribution >= 0.6 is 0 Å². The molecule has 0 amide bonds. The second-order valence-corrected chi connectivity index (χ2v) is 7.67. The lowest BCUT2D eigenvalue weighted by Crippen LogP contribution is -2.36. The van der Waals surface area contributed by atoms with Crippen LogP contribution in [-0.2, 0) is 16.1 Å². The molecule has 2 heterocycles. The fourth-order valence-electron chi connectivity index (χ4n) is 4.21. The van der Waals surface area contributed by atoms with E-state index in [2.05, 4.69) is 71.0 Å². The fraction of sp³-hybridized carbons (Fsp3) is 0.375. The predicted octanol–water partition coefficient (Wildman–Crippen LogP) is 4.71. The molecule has 0 spiro atoms. The molecule has 1 fully saturated rings. The molecule has 1 aliphatic heterocycles. The van der Waals surface area contributed by atoms with E-state index in [1.807, 2.05) is 6.92 Å². The summed E-state index contributed by atoms with van der Waals surface area (Å²) < 4.78 is 7.57. The Morgan fingerprint density at radius 1 is 1.07 bits per heavy atom. The lowest BCUT2D eigenvalue weighted by atomic mass is 9.97. The highest BCUT2D eigenvalue weighted by atomic mass is 16.5. The number of ether oxygens (including phenoxy) is 1. The van der Waals surface area contributed by atoms with E-state index in [1.165, 1.54) is 27.8 Å². The van der Waals surface area contributed by atoms with E-state index in [1.54, 1.807) is 0 Å². The zero-order valence-corrected chi connectivity index (χ0v) is 16.7. The van der Waals surface area contributed by atoms with Gasteiger partial charge in [0.15, 0.2) is 0 Å². The van der Waals surface area contributed by atoms with Crippen LogP contribution in [0.5, 0.6) is 0 Å². The molecule has 0 bridgehead atoms. The van der Waals surface area contributed by atoms with Crippen LogP contribution < -0.4 is 0 Å². The Morgan fingerprint density at radius 3 is 2.54 bits per heavy atom. The van der Waals surface area contributed by atoms with Gasteiger partial charge in [-0.05, 0) is 70.1 Å². The number of para-hydroxylation sites is 1. The van der Waals surface area contributed by atoms with Crippen LogP contribution in [0.1, 0.15) is 31.0 Å². The Kier molecular flexibility index (Phi) is 5.49. The van der Waals surface area contributed by atoms with Gasteiger partial charge in [0.2, 0.25) is 0 Å². The van der Waals surface area contributed by atoms with Crippen molar-refractivity contribution in [3.63, 3.8) is 0 Å². The maximum absolute atomic E-state index is 12.0. The van der Waals surface area contributed by atoms with Crippen molar-refractivity contribution in [2.45, 2.75) is 33.2 Å². The second-order valence-electron chi connectivity index (χ2n) is 7.67. The highest BCUT2D eigenvalue weighted by Crippen LogP contribution is 2.28. The molecule has 3 aromatic rings. The van der Waals surface area contributed by atoms with Crippen molar-refractivity contribution >= 4 is 16.9 Å². The Labute approximate surface area is 166 Å². The summed E-state index contributed by atoms with van der Waals surface area (Å²) in [5.74, 6) is 0.0230. The summed E-state index contributed by atoms with van der Waals surface area (Å²) in [6.07, 6.45) is 1.76. The summed E-state index contributed by atoms with van der Waals surface area (Å²) >= 11 is 0. The van der Waals surface area contributed by atoms with Gasteiger partial charge in [0, 0.05) is 23.3 Å². The van der Waals surface area contributed by atoms with Gasteiger partial charge in [-0.2, -0.15) is 0 Å². The number of aryl methyl sites for hydroxylation is 1. The number of piperidine rings is 1. The first-order chi connectivity index (χ1) is 13.7. The molecular formula is C24H28N2O2. The molecule has 4 heteroatoms. The molecular weight excluding hydrogens is 348 g/mol. The number of nitrogens with zero attached hydrogens (tertiary/aromatic N) is 2. The van der Waals surface area contributed by atoms with Gasteiger partial charge in [0.05, 0.1) is 18.0 Å². The third kappa shape index (κ3) is 3.83. The third-order valence-corrected chi connectivity index (χ3v) is 5.64. The molecule has 0 N–H and O–H groups in total. The smallest absolute Gasteiger partial charge is 0.309 e. The second kappa shape index (κ2) is 8.19. The number of hydrogen-bond donors (Lipinski definition) is 0. The van der Waals surface area contributed by atoms with Crippen LogP contribution in [0.25, 0.3) is 16.6 Å². The van der Waals surface area contributed by atoms with Crippen molar-refractivity contribution in [1.82, 2.24) is 9.47 Å². The zero-order valence-electron chi connectivity index (χ0n) is 16.7. The van der Waals surface area contributed by atoms with Gasteiger partial charge in [-0.15, -0.1) is 0 Å². The lowest BCUT2D eigenvalue weighted by Gasteiger charge is -2.31. The molecule has 1 aliphatic rings. The number of fused-ring (bicyclic) bond motifs is 1. The van der Waals surface area contributed by atoms with E-state index >= 15 is 0 Å². The summed E-state index contributed by atoms with van der Waals surface area (Å²) in [6, 6.07) is 19.5. The van der Waals surface area contributed by atoms with Crippen LogP contribution in [0.3, 0.4) is 0 Å². The Morgan fingerprint density at radius 2 is 1.82 bits per heavy atom. The van der Waals surface area contributed by atoms with Gasteiger partial charge in [0.25, 0.3) is 0 Å². The highest BCUT2D eigenvalue weighted by molar-refractivity contribution is 5.84. The van der Waals surface area contributed by atoms with E-state index in [0.717, 1.165) is 32.5 Å². The van der Waals surface area contributed by atoms with Gasteiger partial charge < -0.3 is 9.30 Å². The molecule has 2 aromatic carbocycles. The Hall–Kier alpha value is -2.59. The van der Waals surface area contributed by atoms with Crippen molar-refractivity contribution in [3.8, 4) is 5.69 Å². The lowest BCUT2D eigenvalue weighted by molar-refractivity contribution is -0.149. The molecule has 4 nitrogen and oxygen atoms in total. The summed E-state index contributed by atoms with van der Waals surface area (Å²) in [4.78, 5) is 14.5. The van der Waals surface area contributed by atoms with Gasteiger partial charge >= 0.3 is 5.97 Å². The largest absolute Gasteiger partial charge is 0.466 e. The van der Waals surface area contributed by atoms with Crippen LogP contribution in [0.4, 0.5) is 0 Å². The topological polar surface area (TPSA) is 34.5 Å². The number of aromatic nitrogens is 1. The summed E-state index contributed by atoms with van der Waals surface area (Å²) in [5.41, 5.74) is 5.01. The number of esters is 1. The standard InChI is InChI=1S/C24H28N2O2/c1-3-28-24(27)19-11-13-25(14-12-19)17-22-16-20-15-18(2)9-10-23(20)26(22)21-7-5-4-6-8-21/h4-10,15-16,19H,3,11-14,17H2,1-2H3. The molecule has 0 saturated carbocycles. The Balaban J connectivity index is 1.58. The maximum atomic E-state index is 12.0. The quantitative estimate of drug-likeness (QED) is 0.605. The van der Waals surface area contributed by atoms with Gasteiger partial charge in [-0.25, -0.2) is 0 Å². The molecule has 0 radical (unpaired) electrons. The monoisotopic (exact) mass is 376 g/mol. The minimum absolute atomic E-state index is 0.0315. The molecule has 0 aliphatic carbocycles. The molecule has 146 valence electrons.